The van der Waals surface area contributed by atoms with Crippen molar-refractivity contribution in [3.63, 3.8) is 0 Å². The maximum atomic E-state index is 12.2. The van der Waals surface area contributed by atoms with Gasteiger partial charge in [0.05, 0.1) is 11.3 Å². The number of hydrogen-bond acceptors (Lipinski definition) is 4. The molecule has 0 spiro atoms. The topological polar surface area (TPSA) is 107 Å². The lowest BCUT2D eigenvalue weighted by atomic mass is 9.96. The van der Waals surface area contributed by atoms with Crippen LogP contribution >= 0.6 is 0 Å². The number of benzene rings is 1. The van der Waals surface area contributed by atoms with Crippen LogP contribution in [-0.4, -0.2) is 34.7 Å². The zero-order valence-electron chi connectivity index (χ0n) is 11.5. The molecule has 1 aromatic carbocycles. The molecule has 0 aromatic heterocycles. The van der Waals surface area contributed by atoms with Gasteiger partial charge in [0.2, 0.25) is 11.8 Å². The Morgan fingerprint density at radius 1 is 1.29 bits per heavy atom. The Labute approximate surface area is 121 Å². The molecule has 1 aliphatic rings. The monoisotopic (exact) mass is 291 g/mol. The molecular formula is C14H17N3O4. The minimum atomic E-state index is -0.484. The predicted molar refractivity (Wildman–Crippen MR) is 75.3 cm³/mol. The van der Waals surface area contributed by atoms with Crippen molar-refractivity contribution in [2.45, 2.75) is 19.3 Å². The van der Waals surface area contributed by atoms with Gasteiger partial charge in [-0.3, -0.25) is 19.7 Å². The van der Waals surface area contributed by atoms with Crippen LogP contribution in [0, 0.1) is 16.0 Å². The average molecular weight is 291 g/mol. The smallest absolute Gasteiger partial charge is 0.273 e. The standard InChI is InChI=1S/C14H17N3O4/c15-14(19)10-5-7-16(8-6-10)13(18)9-11-3-1-2-4-12(11)17(20)21/h1-4,10H,5-9H2,(H2,15,19). The van der Waals surface area contributed by atoms with Crippen LogP contribution in [0.2, 0.25) is 0 Å². The lowest BCUT2D eigenvalue weighted by molar-refractivity contribution is -0.385. The summed E-state index contributed by atoms with van der Waals surface area (Å²) in [5.74, 6) is -0.673. The molecule has 112 valence electrons. The zero-order chi connectivity index (χ0) is 15.4. The molecular weight excluding hydrogens is 274 g/mol. The summed E-state index contributed by atoms with van der Waals surface area (Å²) in [5.41, 5.74) is 5.61. The molecule has 2 rings (SSSR count). The van der Waals surface area contributed by atoms with Crippen molar-refractivity contribution in [1.29, 1.82) is 0 Å². The minimum absolute atomic E-state index is 0.00160. The molecule has 0 saturated carbocycles. The largest absolute Gasteiger partial charge is 0.369 e. The number of nitro benzene ring substituents is 1. The van der Waals surface area contributed by atoms with Gasteiger partial charge in [-0.2, -0.15) is 0 Å². The van der Waals surface area contributed by atoms with Crippen LogP contribution in [0.4, 0.5) is 5.69 Å². The van der Waals surface area contributed by atoms with Gasteiger partial charge >= 0.3 is 0 Å². The molecule has 0 unspecified atom stereocenters. The third-order valence-electron chi connectivity index (χ3n) is 3.78. The lowest BCUT2D eigenvalue weighted by Gasteiger charge is -2.30. The van der Waals surface area contributed by atoms with Crippen LogP contribution < -0.4 is 5.73 Å². The highest BCUT2D eigenvalue weighted by atomic mass is 16.6. The Morgan fingerprint density at radius 2 is 1.90 bits per heavy atom. The number of nitrogens with zero attached hydrogens (tertiary/aromatic N) is 2. The molecule has 1 fully saturated rings. The van der Waals surface area contributed by atoms with E-state index < -0.39 is 4.92 Å². The Hall–Kier alpha value is -2.44. The van der Waals surface area contributed by atoms with Gasteiger partial charge in [-0.1, -0.05) is 18.2 Å². The van der Waals surface area contributed by atoms with Crippen LogP contribution in [0.25, 0.3) is 0 Å². The highest BCUT2D eigenvalue weighted by molar-refractivity contribution is 5.81. The third-order valence-corrected chi connectivity index (χ3v) is 3.78. The van der Waals surface area contributed by atoms with Crippen LogP contribution in [0.15, 0.2) is 24.3 Å². The molecule has 2 N–H and O–H groups in total. The summed E-state index contributed by atoms with van der Waals surface area (Å²) in [7, 11) is 0. The van der Waals surface area contributed by atoms with Crippen molar-refractivity contribution in [2.24, 2.45) is 11.7 Å². The molecule has 0 aliphatic carbocycles. The summed E-state index contributed by atoms with van der Waals surface area (Å²) >= 11 is 0. The quantitative estimate of drug-likeness (QED) is 0.655. The SMILES string of the molecule is NC(=O)C1CCN(C(=O)Cc2ccccc2[N+](=O)[O-])CC1. The maximum absolute atomic E-state index is 12.2. The van der Waals surface area contributed by atoms with Crippen LogP contribution in [-0.2, 0) is 16.0 Å². The molecule has 21 heavy (non-hydrogen) atoms. The Morgan fingerprint density at radius 3 is 2.48 bits per heavy atom. The molecule has 1 aliphatic heterocycles. The van der Waals surface area contributed by atoms with E-state index in [0.29, 0.717) is 31.5 Å². The fourth-order valence-corrected chi connectivity index (χ4v) is 2.53. The number of likely N-dealkylation sites (tertiary alicyclic amines) is 1. The van der Waals surface area contributed by atoms with Gasteiger partial charge in [-0.15, -0.1) is 0 Å². The number of primary amides is 1. The molecule has 1 aromatic rings. The van der Waals surface area contributed by atoms with E-state index in [2.05, 4.69) is 0 Å². The second kappa shape index (κ2) is 6.34. The number of carbonyl (C=O) groups excluding carboxylic acids is 2. The first-order valence-electron chi connectivity index (χ1n) is 6.78. The maximum Gasteiger partial charge on any atom is 0.273 e. The highest BCUT2D eigenvalue weighted by Gasteiger charge is 2.26. The normalized spacial score (nSPS) is 15.7. The molecule has 0 atom stereocenters. The molecule has 1 heterocycles. The minimum Gasteiger partial charge on any atom is -0.369 e. The summed E-state index contributed by atoms with van der Waals surface area (Å²) in [6.45, 7) is 0.931. The van der Waals surface area contributed by atoms with Crippen LogP contribution in [0.3, 0.4) is 0 Å². The molecule has 0 radical (unpaired) electrons. The van der Waals surface area contributed by atoms with Gasteiger partial charge in [0.15, 0.2) is 0 Å². The molecule has 2 amide bonds. The van der Waals surface area contributed by atoms with E-state index in [9.17, 15) is 19.7 Å². The Bertz CT molecular complexity index is 565. The summed E-state index contributed by atoms with van der Waals surface area (Å²) < 4.78 is 0. The fourth-order valence-electron chi connectivity index (χ4n) is 2.53. The van der Waals surface area contributed by atoms with Gasteiger partial charge < -0.3 is 10.6 Å². The number of para-hydroxylation sites is 1. The van der Waals surface area contributed by atoms with Crippen LogP contribution in [0.1, 0.15) is 18.4 Å². The van der Waals surface area contributed by atoms with E-state index in [4.69, 9.17) is 5.73 Å². The second-order valence-corrected chi connectivity index (χ2v) is 5.12. The summed E-state index contributed by atoms with van der Waals surface area (Å²) in [5, 5.41) is 10.9. The average Bonchev–Trinajstić information content (AvgIpc) is 2.47. The number of rotatable bonds is 4. The van der Waals surface area contributed by atoms with E-state index >= 15 is 0 Å². The van der Waals surface area contributed by atoms with Crippen molar-refractivity contribution in [3.8, 4) is 0 Å². The first-order chi connectivity index (χ1) is 9.99. The summed E-state index contributed by atoms with van der Waals surface area (Å²) in [4.78, 5) is 35.4. The van der Waals surface area contributed by atoms with E-state index in [1.165, 1.54) is 6.07 Å². The van der Waals surface area contributed by atoms with Gasteiger partial charge in [-0.05, 0) is 12.8 Å². The van der Waals surface area contributed by atoms with E-state index in [1.54, 1.807) is 23.1 Å². The number of nitro groups is 1. The van der Waals surface area contributed by atoms with Crippen molar-refractivity contribution in [3.05, 3.63) is 39.9 Å². The molecule has 0 bridgehead atoms. The van der Waals surface area contributed by atoms with E-state index in [-0.39, 0.29) is 29.8 Å². The number of carbonyl (C=O) groups is 2. The highest BCUT2D eigenvalue weighted by Crippen LogP contribution is 2.21. The first kappa shape index (κ1) is 15.0. The van der Waals surface area contributed by atoms with Crippen LogP contribution in [0.5, 0.6) is 0 Å². The summed E-state index contributed by atoms with van der Waals surface area (Å²) in [6, 6.07) is 6.23. The Balaban J connectivity index is 2.00. The van der Waals surface area contributed by atoms with Gasteiger partial charge in [-0.25, -0.2) is 0 Å². The summed E-state index contributed by atoms with van der Waals surface area (Å²) in [6.07, 6.45) is 1.11. The third kappa shape index (κ3) is 3.56. The molecule has 7 nitrogen and oxygen atoms in total. The Kier molecular flexibility index (Phi) is 4.52. The van der Waals surface area contributed by atoms with Crippen molar-refractivity contribution in [1.82, 2.24) is 4.90 Å². The zero-order valence-corrected chi connectivity index (χ0v) is 11.5. The molecule has 1 saturated heterocycles. The van der Waals surface area contributed by atoms with E-state index in [1.807, 2.05) is 0 Å². The first-order valence-corrected chi connectivity index (χ1v) is 6.78. The number of hydrogen-bond donors (Lipinski definition) is 1. The molecule has 7 heteroatoms. The van der Waals surface area contributed by atoms with Crippen molar-refractivity contribution < 1.29 is 14.5 Å². The van der Waals surface area contributed by atoms with Crippen molar-refractivity contribution in [2.75, 3.05) is 13.1 Å². The van der Waals surface area contributed by atoms with E-state index in [0.717, 1.165) is 0 Å². The van der Waals surface area contributed by atoms with Gasteiger partial charge in [0.1, 0.15) is 0 Å². The predicted octanol–water partition coefficient (Wildman–Crippen LogP) is 0.861. The second-order valence-electron chi connectivity index (χ2n) is 5.12. The number of nitrogens with two attached hydrogens (primary N) is 1. The van der Waals surface area contributed by atoms with Gasteiger partial charge in [0.25, 0.3) is 5.69 Å². The number of piperidine rings is 1. The lowest BCUT2D eigenvalue weighted by Crippen LogP contribution is -2.42. The fraction of sp³-hybridized carbons (Fsp3) is 0.429. The van der Waals surface area contributed by atoms with Crippen molar-refractivity contribution >= 4 is 17.5 Å². The van der Waals surface area contributed by atoms with Gasteiger partial charge in [0, 0.05) is 30.6 Å². The number of amides is 2.